The maximum Gasteiger partial charge on any atom is 0.472 e. The van der Waals surface area contributed by atoms with Crippen molar-refractivity contribution in [1.82, 2.24) is 0 Å². The average molecular weight is 1280 g/mol. The van der Waals surface area contributed by atoms with Gasteiger partial charge in [0.1, 0.15) is 19.3 Å². The van der Waals surface area contributed by atoms with Crippen LogP contribution in [0.3, 0.4) is 0 Å². The molecule has 3 unspecified atom stereocenters. The van der Waals surface area contributed by atoms with Crippen LogP contribution in [-0.4, -0.2) is 96.7 Å². The monoisotopic (exact) mass is 1280 g/mol. The van der Waals surface area contributed by atoms with E-state index < -0.39 is 97.5 Å². The van der Waals surface area contributed by atoms with Gasteiger partial charge in [0.25, 0.3) is 0 Å². The zero-order valence-electron chi connectivity index (χ0n) is 56.2. The van der Waals surface area contributed by atoms with Gasteiger partial charge in [-0.05, 0) is 31.6 Å². The fraction of sp³-hybridized carbons (Fsp3) is 0.941. The molecule has 0 aliphatic rings. The van der Waals surface area contributed by atoms with Crippen LogP contribution < -0.4 is 0 Å². The topological polar surface area (TPSA) is 237 Å². The van der Waals surface area contributed by atoms with Crippen molar-refractivity contribution in [3.8, 4) is 0 Å². The molecule has 0 aliphatic heterocycles. The lowest BCUT2D eigenvalue weighted by atomic mass is 9.99. The molecule has 0 saturated heterocycles. The van der Waals surface area contributed by atoms with E-state index in [2.05, 4.69) is 34.6 Å². The van der Waals surface area contributed by atoms with E-state index >= 15 is 0 Å². The second-order valence-corrected chi connectivity index (χ2v) is 27.7. The van der Waals surface area contributed by atoms with Crippen molar-refractivity contribution < 1.29 is 80.2 Å². The van der Waals surface area contributed by atoms with Crippen LogP contribution in [0.2, 0.25) is 0 Å². The predicted molar refractivity (Wildman–Crippen MR) is 349 cm³/mol. The summed E-state index contributed by atoms with van der Waals surface area (Å²) in [5.41, 5.74) is 0. The van der Waals surface area contributed by atoms with Gasteiger partial charge < -0.3 is 33.8 Å². The fourth-order valence-corrected chi connectivity index (χ4v) is 11.8. The molecule has 0 rings (SSSR count). The van der Waals surface area contributed by atoms with Crippen molar-refractivity contribution in [3.05, 3.63) is 0 Å². The van der Waals surface area contributed by atoms with Crippen LogP contribution in [0.4, 0.5) is 0 Å². The number of phosphoric acid groups is 2. The Balaban J connectivity index is 5.22. The van der Waals surface area contributed by atoms with Gasteiger partial charge in [0.15, 0.2) is 12.2 Å². The summed E-state index contributed by atoms with van der Waals surface area (Å²) in [6.45, 7) is 7.23. The zero-order valence-corrected chi connectivity index (χ0v) is 57.9. The molecule has 3 N–H and O–H groups in total. The molecule has 6 atom stereocenters. The van der Waals surface area contributed by atoms with Crippen molar-refractivity contribution in [3.63, 3.8) is 0 Å². The predicted octanol–water partition coefficient (Wildman–Crippen LogP) is 19.4. The number of hydrogen-bond acceptors (Lipinski definition) is 15. The van der Waals surface area contributed by atoms with Crippen LogP contribution in [0.1, 0.15) is 349 Å². The SMILES string of the molecule is CCCCCCCCCCCCCCCCCC(=O)O[C@H](COC(=O)CCCCCCCCCCCCC(C)CC)COP(=O)(O)OC[C@@H](O)COP(=O)(O)OC[C@@H](COC(=O)CCCCCCCCCCC)OC(=O)CCCCCCCCCCC. The standard InChI is InChI=1S/C68H132O17P2/c1-6-10-13-16-19-22-23-24-25-26-27-34-39-44-49-54-68(73)85-64(58-79-66(71)52-47-42-37-33-29-28-32-35-40-45-50-61(5)9-4)60-83-87(76,77)81-56-62(69)55-80-86(74,75)82-59-63(84-67(72)53-48-43-38-31-21-18-15-12-8-3)57-78-65(70)51-46-41-36-30-20-17-14-11-7-2/h61-64,69H,6-60H2,1-5H3,(H,74,75)(H,76,77)/t61?,62-,63+,64+/m0/s1. The largest absolute Gasteiger partial charge is 0.472 e. The van der Waals surface area contributed by atoms with Gasteiger partial charge >= 0.3 is 39.5 Å². The highest BCUT2D eigenvalue weighted by molar-refractivity contribution is 7.47. The highest BCUT2D eigenvalue weighted by atomic mass is 31.2. The number of esters is 4. The van der Waals surface area contributed by atoms with E-state index in [0.717, 1.165) is 95.8 Å². The molecule has 0 aromatic carbocycles. The van der Waals surface area contributed by atoms with Gasteiger partial charge in [0.2, 0.25) is 0 Å². The Labute approximate surface area is 530 Å². The smallest absolute Gasteiger partial charge is 0.462 e. The summed E-state index contributed by atoms with van der Waals surface area (Å²) in [5.74, 6) is -1.32. The van der Waals surface area contributed by atoms with Crippen molar-refractivity contribution in [2.45, 2.75) is 368 Å². The number of carbonyl (C=O) groups is 4. The number of carbonyl (C=O) groups excluding carboxylic acids is 4. The van der Waals surface area contributed by atoms with Crippen LogP contribution in [0.5, 0.6) is 0 Å². The van der Waals surface area contributed by atoms with Gasteiger partial charge in [-0.3, -0.25) is 37.3 Å². The highest BCUT2D eigenvalue weighted by Gasteiger charge is 2.30. The third kappa shape index (κ3) is 61.3. The van der Waals surface area contributed by atoms with E-state index in [4.69, 9.17) is 37.0 Å². The lowest BCUT2D eigenvalue weighted by molar-refractivity contribution is -0.161. The van der Waals surface area contributed by atoms with Crippen LogP contribution in [-0.2, 0) is 65.4 Å². The van der Waals surface area contributed by atoms with E-state index in [1.165, 1.54) is 173 Å². The molecular formula is C68H132O17P2. The number of aliphatic hydroxyl groups is 1. The van der Waals surface area contributed by atoms with E-state index in [-0.39, 0.29) is 25.7 Å². The van der Waals surface area contributed by atoms with Crippen molar-refractivity contribution in [1.29, 1.82) is 0 Å². The van der Waals surface area contributed by atoms with Gasteiger partial charge in [0.05, 0.1) is 26.4 Å². The molecule has 0 aromatic heterocycles. The van der Waals surface area contributed by atoms with Gasteiger partial charge in [-0.2, -0.15) is 0 Å². The molecule has 0 aromatic rings. The minimum Gasteiger partial charge on any atom is -0.462 e. The summed E-state index contributed by atoms with van der Waals surface area (Å²) in [4.78, 5) is 72.4. The van der Waals surface area contributed by atoms with Gasteiger partial charge in [-0.25, -0.2) is 9.13 Å². The maximum atomic E-state index is 13.0. The van der Waals surface area contributed by atoms with Crippen LogP contribution >= 0.6 is 15.6 Å². The van der Waals surface area contributed by atoms with Crippen molar-refractivity contribution in [2.24, 2.45) is 5.92 Å². The Morgan fingerprint density at radius 1 is 0.322 bits per heavy atom. The van der Waals surface area contributed by atoms with Crippen LogP contribution in [0, 0.1) is 5.92 Å². The molecule has 0 amide bonds. The molecule has 19 heteroatoms. The maximum absolute atomic E-state index is 13.0. The molecule has 0 bridgehead atoms. The lowest BCUT2D eigenvalue weighted by Gasteiger charge is -2.21. The molecule has 0 radical (unpaired) electrons. The van der Waals surface area contributed by atoms with Crippen LogP contribution in [0.15, 0.2) is 0 Å². The van der Waals surface area contributed by atoms with Crippen LogP contribution in [0.25, 0.3) is 0 Å². The number of hydrogen-bond donors (Lipinski definition) is 3. The van der Waals surface area contributed by atoms with Crippen molar-refractivity contribution in [2.75, 3.05) is 39.6 Å². The Bertz CT molecular complexity index is 1690. The second kappa shape index (κ2) is 61.6. The summed E-state index contributed by atoms with van der Waals surface area (Å²) in [6, 6.07) is 0. The molecule has 0 spiro atoms. The summed E-state index contributed by atoms with van der Waals surface area (Å²) in [5, 5.41) is 10.6. The Kier molecular flexibility index (Phi) is 60.2. The number of phosphoric ester groups is 2. The molecule has 87 heavy (non-hydrogen) atoms. The number of ether oxygens (including phenoxy) is 4. The molecule has 0 fully saturated rings. The molecular weight excluding hydrogens is 1150 g/mol. The molecule has 516 valence electrons. The first-order chi connectivity index (χ1) is 42.1. The zero-order chi connectivity index (χ0) is 64.2. The van der Waals surface area contributed by atoms with Crippen molar-refractivity contribution >= 4 is 39.5 Å². The third-order valence-electron chi connectivity index (χ3n) is 16.1. The van der Waals surface area contributed by atoms with E-state index in [1.807, 2.05) is 0 Å². The average Bonchev–Trinajstić information content (AvgIpc) is 3.69. The Hall–Kier alpha value is -1.94. The lowest BCUT2D eigenvalue weighted by Crippen LogP contribution is -2.30. The fourth-order valence-electron chi connectivity index (χ4n) is 10.3. The molecule has 0 saturated carbocycles. The summed E-state index contributed by atoms with van der Waals surface area (Å²) < 4.78 is 68.1. The molecule has 0 heterocycles. The van der Waals surface area contributed by atoms with E-state index in [0.29, 0.717) is 25.7 Å². The first-order valence-corrected chi connectivity index (χ1v) is 38.7. The number of aliphatic hydroxyl groups excluding tert-OH is 1. The molecule has 0 aliphatic carbocycles. The number of unbranched alkanes of at least 4 members (excludes halogenated alkanes) is 39. The summed E-state index contributed by atoms with van der Waals surface area (Å²) in [7, 11) is -9.89. The summed E-state index contributed by atoms with van der Waals surface area (Å²) in [6.07, 6.45) is 47.0. The molecule has 17 nitrogen and oxygen atoms in total. The Morgan fingerprint density at radius 2 is 0.552 bits per heavy atom. The normalized spacial score (nSPS) is 14.4. The third-order valence-corrected chi connectivity index (χ3v) is 18.0. The van der Waals surface area contributed by atoms with Gasteiger partial charge in [-0.15, -0.1) is 0 Å². The quantitative estimate of drug-likeness (QED) is 0.0222. The second-order valence-electron chi connectivity index (χ2n) is 24.8. The first-order valence-electron chi connectivity index (χ1n) is 35.7. The Morgan fingerprint density at radius 3 is 0.816 bits per heavy atom. The highest BCUT2D eigenvalue weighted by Crippen LogP contribution is 2.45. The minimum atomic E-state index is -4.95. The number of rotatable bonds is 68. The van der Waals surface area contributed by atoms with E-state index in [9.17, 15) is 43.2 Å². The van der Waals surface area contributed by atoms with E-state index in [1.54, 1.807) is 0 Å². The van der Waals surface area contributed by atoms with Gasteiger partial charge in [-0.1, -0.05) is 298 Å². The first kappa shape index (κ1) is 85.1. The minimum absolute atomic E-state index is 0.106. The summed E-state index contributed by atoms with van der Waals surface area (Å²) >= 11 is 0. The van der Waals surface area contributed by atoms with Gasteiger partial charge in [0, 0.05) is 25.7 Å².